The Labute approximate surface area is 144 Å². The molecule has 1 heterocycles. The summed E-state index contributed by atoms with van der Waals surface area (Å²) in [5.41, 5.74) is 1.68. The number of carbonyl (C=O) groups is 2. The van der Waals surface area contributed by atoms with Gasteiger partial charge in [-0.25, -0.2) is 8.78 Å². The molecule has 0 spiro atoms. The van der Waals surface area contributed by atoms with Gasteiger partial charge >= 0.3 is 0 Å². The predicted octanol–water partition coefficient (Wildman–Crippen LogP) is 3.58. The molecule has 4 nitrogen and oxygen atoms in total. The van der Waals surface area contributed by atoms with Gasteiger partial charge in [0.05, 0.1) is 6.04 Å². The zero-order valence-corrected chi connectivity index (χ0v) is 13.8. The molecule has 6 heteroatoms. The van der Waals surface area contributed by atoms with Gasteiger partial charge in [0.1, 0.15) is 0 Å². The van der Waals surface area contributed by atoms with Crippen LogP contribution >= 0.6 is 0 Å². The van der Waals surface area contributed by atoms with Gasteiger partial charge in [-0.2, -0.15) is 0 Å². The lowest BCUT2D eigenvalue weighted by Crippen LogP contribution is -2.27. The molecule has 0 aliphatic carbocycles. The second-order valence-electron chi connectivity index (χ2n) is 6.06. The van der Waals surface area contributed by atoms with Crippen molar-refractivity contribution in [3.63, 3.8) is 0 Å². The van der Waals surface area contributed by atoms with Gasteiger partial charge in [-0.3, -0.25) is 9.59 Å². The van der Waals surface area contributed by atoms with E-state index in [9.17, 15) is 18.4 Å². The van der Waals surface area contributed by atoms with E-state index in [0.717, 1.165) is 24.2 Å². The van der Waals surface area contributed by atoms with Crippen LogP contribution in [0, 0.1) is 11.6 Å². The van der Waals surface area contributed by atoms with Gasteiger partial charge in [0.2, 0.25) is 5.91 Å². The van der Waals surface area contributed by atoms with Crippen LogP contribution in [0.15, 0.2) is 42.5 Å². The highest BCUT2D eigenvalue weighted by Gasteiger charge is 2.22. The Hall–Kier alpha value is -2.76. The van der Waals surface area contributed by atoms with E-state index in [4.69, 9.17) is 0 Å². The van der Waals surface area contributed by atoms with Gasteiger partial charge < -0.3 is 10.2 Å². The maximum Gasteiger partial charge on any atom is 0.251 e. The van der Waals surface area contributed by atoms with Crippen LogP contribution in [0.25, 0.3) is 0 Å². The first-order valence-corrected chi connectivity index (χ1v) is 8.12. The second kappa shape index (κ2) is 7.01. The van der Waals surface area contributed by atoms with E-state index in [-0.39, 0.29) is 11.8 Å². The summed E-state index contributed by atoms with van der Waals surface area (Å²) in [6.45, 7) is 2.39. The molecule has 2 aromatic rings. The largest absolute Gasteiger partial charge is 0.346 e. The molecule has 1 aliphatic heterocycles. The fraction of sp³-hybridized carbons (Fsp3) is 0.263. The number of benzene rings is 2. The van der Waals surface area contributed by atoms with E-state index in [0.29, 0.717) is 24.1 Å². The number of hydrogen-bond donors (Lipinski definition) is 1. The van der Waals surface area contributed by atoms with Gasteiger partial charge in [0.15, 0.2) is 11.6 Å². The molecule has 1 fully saturated rings. The molecule has 2 amide bonds. The van der Waals surface area contributed by atoms with Crippen LogP contribution in [0.3, 0.4) is 0 Å². The van der Waals surface area contributed by atoms with E-state index >= 15 is 0 Å². The van der Waals surface area contributed by atoms with Crippen molar-refractivity contribution in [1.29, 1.82) is 0 Å². The van der Waals surface area contributed by atoms with Gasteiger partial charge in [-0.1, -0.05) is 6.07 Å². The minimum absolute atomic E-state index is 0.0872. The number of amides is 2. The quantitative estimate of drug-likeness (QED) is 0.922. The average Bonchev–Trinajstić information content (AvgIpc) is 3.03. The fourth-order valence-electron chi connectivity index (χ4n) is 2.86. The lowest BCUT2D eigenvalue weighted by molar-refractivity contribution is -0.117. The highest BCUT2D eigenvalue weighted by atomic mass is 19.2. The topological polar surface area (TPSA) is 49.4 Å². The zero-order valence-electron chi connectivity index (χ0n) is 13.8. The molecule has 1 aliphatic rings. The van der Waals surface area contributed by atoms with Crippen LogP contribution < -0.4 is 10.2 Å². The lowest BCUT2D eigenvalue weighted by atomic mass is 10.1. The SMILES string of the molecule is C[C@H](NC(=O)c1ccc(N2CCCC2=O)cc1)c1ccc(F)c(F)c1. The number of nitrogens with one attached hydrogen (secondary N) is 1. The normalized spacial score (nSPS) is 15.3. The summed E-state index contributed by atoms with van der Waals surface area (Å²) in [4.78, 5) is 25.8. The van der Waals surface area contributed by atoms with E-state index < -0.39 is 17.7 Å². The van der Waals surface area contributed by atoms with Crippen molar-refractivity contribution in [2.24, 2.45) is 0 Å². The lowest BCUT2D eigenvalue weighted by Gasteiger charge is -2.17. The number of rotatable bonds is 4. The third-order valence-electron chi connectivity index (χ3n) is 4.31. The molecule has 25 heavy (non-hydrogen) atoms. The van der Waals surface area contributed by atoms with Crippen molar-refractivity contribution in [2.75, 3.05) is 11.4 Å². The molecule has 1 N–H and O–H groups in total. The maximum atomic E-state index is 13.3. The number of anilines is 1. The number of halogens is 2. The van der Waals surface area contributed by atoms with Crippen molar-refractivity contribution in [3.05, 3.63) is 65.2 Å². The van der Waals surface area contributed by atoms with Crippen molar-refractivity contribution in [1.82, 2.24) is 5.32 Å². The summed E-state index contributed by atoms with van der Waals surface area (Å²) in [5.74, 6) is -2.10. The Bertz CT molecular complexity index is 806. The van der Waals surface area contributed by atoms with Gasteiger partial charge in [0, 0.05) is 24.2 Å². The molecular weight excluding hydrogens is 326 g/mol. The first kappa shape index (κ1) is 17.1. The molecule has 1 saturated heterocycles. The molecule has 0 bridgehead atoms. The zero-order chi connectivity index (χ0) is 18.0. The molecule has 0 unspecified atom stereocenters. The summed E-state index contributed by atoms with van der Waals surface area (Å²) in [7, 11) is 0. The average molecular weight is 344 g/mol. The maximum absolute atomic E-state index is 13.3. The van der Waals surface area contributed by atoms with Crippen LogP contribution in [0.4, 0.5) is 14.5 Å². The first-order valence-electron chi connectivity index (χ1n) is 8.12. The number of carbonyl (C=O) groups excluding carboxylic acids is 2. The second-order valence-corrected chi connectivity index (χ2v) is 6.06. The molecule has 3 rings (SSSR count). The molecule has 0 aromatic heterocycles. The smallest absolute Gasteiger partial charge is 0.251 e. The van der Waals surface area contributed by atoms with Gasteiger partial charge in [-0.15, -0.1) is 0 Å². The van der Waals surface area contributed by atoms with Crippen LogP contribution in [-0.2, 0) is 4.79 Å². The van der Waals surface area contributed by atoms with Crippen LogP contribution in [0.5, 0.6) is 0 Å². The highest BCUT2D eigenvalue weighted by Crippen LogP contribution is 2.22. The third-order valence-corrected chi connectivity index (χ3v) is 4.31. The summed E-state index contributed by atoms with van der Waals surface area (Å²) in [6, 6.07) is 9.84. The summed E-state index contributed by atoms with van der Waals surface area (Å²) < 4.78 is 26.3. The Morgan fingerprint density at radius 1 is 1.12 bits per heavy atom. The predicted molar refractivity (Wildman–Crippen MR) is 90.3 cm³/mol. The van der Waals surface area contributed by atoms with Crippen LogP contribution in [0.1, 0.15) is 41.7 Å². The minimum Gasteiger partial charge on any atom is -0.346 e. The number of hydrogen-bond acceptors (Lipinski definition) is 2. The Morgan fingerprint density at radius 2 is 1.84 bits per heavy atom. The third kappa shape index (κ3) is 3.68. The highest BCUT2D eigenvalue weighted by molar-refractivity contribution is 5.97. The van der Waals surface area contributed by atoms with Crippen molar-refractivity contribution in [2.45, 2.75) is 25.8 Å². The number of nitrogens with zero attached hydrogens (tertiary/aromatic N) is 1. The van der Waals surface area contributed by atoms with Gasteiger partial charge in [0.25, 0.3) is 5.91 Å². The molecular formula is C19H18F2N2O2. The summed E-state index contributed by atoms with van der Waals surface area (Å²) in [5, 5.41) is 2.75. The van der Waals surface area contributed by atoms with E-state index in [1.54, 1.807) is 36.1 Å². The minimum atomic E-state index is -0.946. The van der Waals surface area contributed by atoms with Crippen LogP contribution in [-0.4, -0.2) is 18.4 Å². The van der Waals surface area contributed by atoms with Crippen molar-refractivity contribution < 1.29 is 18.4 Å². The van der Waals surface area contributed by atoms with Crippen LogP contribution in [0.2, 0.25) is 0 Å². The Balaban J connectivity index is 1.68. The fourth-order valence-corrected chi connectivity index (χ4v) is 2.86. The van der Waals surface area contributed by atoms with Crippen molar-refractivity contribution in [3.8, 4) is 0 Å². The first-order chi connectivity index (χ1) is 12.0. The van der Waals surface area contributed by atoms with E-state index in [1.807, 2.05) is 0 Å². The molecule has 0 saturated carbocycles. The molecule has 2 aromatic carbocycles. The Morgan fingerprint density at radius 3 is 2.44 bits per heavy atom. The molecule has 1 atom stereocenters. The standard InChI is InChI=1S/C19H18F2N2O2/c1-12(14-6-9-16(20)17(21)11-14)22-19(25)13-4-7-15(8-5-13)23-10-2-3-18(23)24/h4-9,11-12H,2-3,10H2,1H3,(H,22,25)/t12-/m0/s1. The molecule has 0 radical (unpaired) electrons. The summed E-state index contributed by atoms with van der Waals surface area (Å²) in [6.07, 6.45) is 1.39. The monoisotopic (exact) mass is 344 g/mol. The summed E-state index contributed by atoms with van der Waals surface area (Å²) >= 11 is 0. The Kier molecular flexibility index (Phi) is 4.79. The van der Waals surface area contributed by atoms with E-state index in [1.165, 1.54) is 6.07 Å². The van der Waals surface area contributed by atoms with Gasteiger partial charge in [-0.05, 0) is 55.3 Å². The molecule has 130 valence electrons. The van der Waals surface area contributed by atoms with Crippen molar-refractivity contribution >= 4 is 17.5 Å². The van der Waals surface area contributed by atoms with E-state index in [2.05, 4.69) is 5.32 Å².